The zero-order chi connectivity index (χ0) is 16.6. The molecule has 0 N–H and O–H groups in total. The highest BCUT2D eigenvalue weighted by atomic mass is 32.1. The molecule has 0 aromatic carbocycles. The largest absolute Gasteiger partial charge is 0.427 e. The summed E-state index contributed by atoms with van der Waals surface area (Å²) in [5, 5.41) is 8.66. The highest BCUT2D eigenvalue weighted by Gasteiger charge is 2.34. The van der Waals surface area contributed by atoms with Gasteiger partial charge in [0.1, 0.15) is 17.0 Å². The van der Waals surface area contributed by atoms with Crippen molar-refractivity contribution in [2.75, 3.05) is 18.0 Å². The highest BCUT2D eigenvalue weighted by molar-refractivity contribution is 7.15. The van der Waals surface area contributed by atoms with Gasteiger partial charge in [-0.1, -0.05) is 11.3 Å². The molecule has 1 aliphatic rings. The van der Waals surface area contributed by atoms with E-state index in [1.54, 1.807) is 6.33 Å². The molecule has 23 heavy (non-hydrogen) atoms. The van der Waals surface area contributed by atoms with Gasteiger partial charge in [0.25, 0.3) is 0 Å². The molecule has 2 aromatic heterocycles. The van der Waals surface area contributed by atoms with Gasteiger partial charge in [-0.25, -0.2) is 4.98 Å². The standard InChI is InChI=1S/C14H18F3N5S/c1-9(2)22-8-19-20-12(22)10-3-5-21(6-4-10)13-18-7-11(23-13)14(15,16)17/h7-10H,3-6H2,1-2H3. The molecule has 0 spiro atoms. The van der Waals surface area contributed by atoms with Gasteiger partial charge in [-0.05, 0) is 26.7 Å². The fraction of sp³-hybridized carbons (Fsp3) is 0.643. The molecule has 1 fully saturated rings. The fourth-order valence-electron chi connectivity index (χ4n) is 2.81. The van der Waals surface area contributed by atoms with Gasteiger partial charge in [0.05, 0.1) is 6.20 Å². The van der Waals surface area contributed by atoms with Crippen LogP contribution in [-0.2, 0) is 6.18 Å². The maximum Gasteiger partial charge on any atom is 0.427 e. The summed E-state index contributed by atoms with van der Waals surface area (Å²) >= 11 is 0.710. The topological polar surface area (TPSA) is 46.8 Å². The molecule has 0 atom stereocenters. The molecule has 1 saturated heterocycles. The summed E-state index contributed by atoms with van der Waals surface area (Å²) in [6.45, 7) is 5.52. The average Bonchev–Trinajstić information content (AvgIpc) is 3.16. The number of rotatable bonds is 3. The third-order valence-corrected chi connectivity index (χ3v) is 5.16. The van der Waals surface area contributed by atoms with Crippen LogP contribution in [0.15, 0.2) is 12.5 Å². The third kappa shape index (κ3) is 3.34. The van der Waals surface area contributed by atoms with Crippen molar-refractivity contribution < 1.29 is 13.2 Å². The summed E-state index contributed by atoms with van der Waals surface area (Å²) in [7, 11) is 0. The van der Waals surface area contributed by atoms with Crippen molar-refractivity contribution in [2.24, 2.45) is 0 Å². The van der Waals surface area contributed by atoms with Crippen molar-refractivity contribution in [1.82, 2.24) is 19.7 Å². The molecule has 0 amide bonds. The van der Waals surface area contributed by atoms with Gasteiger partial charge in [-0.2, -0.15) is 13.2 Å². The number of anilines is 1. The zero-order valence-electron chi connectivity index (χ0n) is 12.9. The first-order chi connectivity index (χ1) is 10.9. The van der Waals surface area contributed by atoms with E-state index in [1.807, 2.05) is 4.90 Å². The number of aromatic nitrogens is 4. The van der Waals surface area contributed by atoms with Gasteiger partial charge < -0.3 is 9.47 Å². The number of hydrogen-bond acceptors (Lipinski definition) is 5. The normalized spacial score (nSPS) is 17.2. The lowest BCUT2D eigenvalue weighted by atomic mass is 9.96. The smallest absolute Gasteiger partial charge is 0.348 e. The molecule has 2 aromatic rings. The Labute approximate surface area is 136 Å². The van der Waals surface area contributed by atoms with Gasteiger partial charge in [0, 0.05) is 25.0 Å². The number of nitrogens with zero attached hydrogens (tertiary/aromatic N) is 5. The van der Waals surface area contributed by atoms with Gasteiger partial charge in [-0.15, -0.1) is 10.2 Å². The van der Waals surface area contributed by atoms with Crippen LogP contribution in [0.4, 0.5) is 18.3 Å². The van der Waals surface area contributed by atoms with E-state index in [9.17, 15) is 13.2 Å². The molecule has 3 rings (SSSR count). The molecule has 0 unspecified atom stereocenters. The Balaban J connectivity index is 1.67. The van der Waals surface area contributed by atoms with Crippen LogP contribution in [0.5, 0.6) is 0 Å². The lowest BCUT2D eigenvalue weighted by Crippen LogP contribution is -2.33. The average molecular weight is 345 g/mol. The van der Waals surface area contributed by atoms with E-state index in [4.69, 9.17) is 0 Å². The van der Waals surface area contributed by atoms with Crippen LogP contribution in [0.3, 0.4) is 0 Å². The van der Waals surface area contributed by atoms with Crippen molar-refractivity contribution >= 4 is 16.5 Å². The number of alkyl halides is 3. The summed E-state index contributed by atoms with van der Waals surface area (Å²) < 4.78 is 40.1. The SMILES string of the molecule is CC(C)n1cnnc1C1CCN(c2ncc(C(F)(F)F)s2)CC1. The molecule has 3 heterocycles. The van der Waals surface area contributed by atoms with Gasteiger partial charge in [0.2, 0.25) is 0 Å². The van der Waals surface area contributed by atoms with E-state index in [2.05, 4.69) is 33.6 Å². The second kappa shape index (κ2) is 6.10. The summed E-state index contributed by atoms with van der Waals surface area (Å²) in [4.78, 5) is 5.21. The first-order valence-electron chi connectivity index (χ1n) is 7.53. The molecule has 0 bridgehead atoms. The first-order valence-corrected chi connectivity index (χ1v) is 8.35. The van der Waals surface area contributed by atoms with Crippen LogP contribution in [0, 0.1) is 0 Å². The zero-order valence-corrected chi connectivity index (χ0v) is 13.7. The van der Waals surface area contributed by atoms with Crippen LogP contribution in [0.2, 0.25) is 0 Å². The van der Waals surface area contributed by atoms with Crippen LogP contribution in [0.25, 0.3) is 0 Å². The summed E-state index contributed by atoms with van der Waals surface area (Å²) in [6, 6.07) is 0.298. The number of piperidine rings is 1. The van der Waals surface area contributed by atoms with Crippen LogP contribution >= 0.6 is 11.3 Å². The van der Waals surface area contributed by atoms with Gasteiger partial charge in [-0.3, -0.25) is 0 Å². The minimum atomic E-state index is -4.32. The Bertz CT molecular complexity index is 655. The molecule has 0 radical (unpaired) electrons. The van der Waals surface area contributed by atoms with E-state index in [-0.39, 0.29) is 5.92 Å². The minimum absolute atomic E-state index is 0.290. The predicted octanol–water partition coefficient (Wildman–Crippen LogP) is 3.72. The van der Waals surface area contributed by atoms with Crippen molar-refractivity contribution in [3.8, 4) is 0 Å². The lowest BCUT2D eigenvalue weighted by Gasteiger charge is -2.31. The summed E-state index contributed by atoms with van der Waals surface area (Å²) in [6.07, 6.45) is 0.0187. The van der Waals surface area contributed by atoms with Gasteiger partial charge in [0.15, 0.2) is 5.13 Å². The van der Waals surface area contributed by atoms with Crippen LogP contribution < -0.4 is 4.90 Å². The van der Waals surface area contributed by atoms with E-state index in [0.29, 0.717) is 35.6 Å². The second-order valence-electron chi connectivity index (χ2n) is 5.96. The number of hydrogen-bond donors (Lipinski definition) is 0. The van der Waals surface area contributed by atoms with Gasteiger partial charge >= 0.3 is 6.18 Å². The molecular weight excluding hydrogens is 327 g/mol. The second-order valence-corrected chi connectivity index (χ2v) is 6.97. The Hall–Kier alpha value is -1.64. The third-order valence-electron chi connectivity index (χ3n) is 4.06. The molecule has 1 aliphatic heterocycles. The van der Waals surface area contributed by atoms with Crippen LogP contribution in [-0.4, -0.2) is 32.8 Å². The fourth-order valence-corrected chi connectivity index (χ4v) is 3.65. The maximum absolute atomic E-state index is 12.7. The monoisotopic (exact) mass is 345 g/mol. The predicted molar refractivity (Wildman–Crippen MR) is 81.7 cm³/mol. The quantitative estimate of drug-likeness (QED) is 0.851. The van der Waals surface area contributed by atoms with Crippen molar-refractivity contribution in [1.29, 1.82) is 0 Å². The van der Waals surface area contributed by atoms with E-state index >= 15 is 0 Å². The van der Waals surface area contributed by atoms with Crippen LogP contribution in [0.1, 0.15) is 49.4 Å². The van der Waals surface area contributed by atoms with Crippen molar-refractivity contribution in [3.05, 3.63) is 23.2 Å². The van der Waals surface area contributed by atoms with E-state index < -0.39 is 11.1 Å². The maximum atomic E-state index is 12.7. The first kappa shape index (κ1) is 16.2. The summed E-state index contributed by atoms with van der Waals surface area (Å²) in [5.41, 5.74) is 0. The van der Waals surface area contributed by atoms with Crippen molar-refractivity contribution in [3.63, 3.8) is 0 Å². The van der Waals surface area contributed by atoms with Crippen molar-refractivity contribution in [2.45, 2.75) is 44.8 Å². The lowest BCUT2D eigenvalue weighted by molar-refractivity contribution is -0.134. The molecule has 5 nitrogen and oxygen atoms in total. The molecule has 0 aliphatic carbocycles. The minimum Gasteiger partial charge on any atom is -0.348 e. The Morgan fingerprint density at radius 2 is 1.96 bits per heavy atom. The molecule has 126 valence electrons. The Morgan fingerprint density at radius 1 is 1.26 bits per heavy atom. The van der Waals surface area contributed by atoms with E-state index in [1.165, 1.54) is 0 Å². The highest BCUT2D eigenvalue weighted by Crippen LogP contribution is 2.38. The Morgan fingerprint density at radius 3 is 2.52 bits per heavy atom. The molecule has 0 saturated carbocycles. The number of thiazole rings is 1. The summed E-state index contributed by atoms with van der Waals surface area (Å²) in [5.74, 6) is 1.26. The van der Waals surface area contributed by atoms with E-state index in [0.717, 1.165) is 24.9 Å². The molecule has 9 heteroatoms. The Kier molecular flexibility index (Phi) is 4.31. The number of halogens is 3. The molecular formula is C14H18F3N5S.